The van der Waals surface area contributed by atoms with Gasteiger partial charge in [-0.3, -0.25) is 9.10 Å². The summed E-state index contributed by atoms with van der Waals surface area (Å²) in [6.45, 7) is 1.97. The van der Waals surface area contributed by atoms with Crippen LogP contribution in [0.15, 0.2) is 47.4 Å². The van der Waals surface area contributed by atoms with Gasteiger partial charge in [-0.1, -0.05) is 50.3 Å². The zero-order valence-corrected chi connectivity index (χ0v) is 19.3. The highest BCUT2D eigenvalue weighted by atomic mass is 32.2. The fraction of sp³-hybridized carbons (Fsp3) is 0.480. The van der Waals surface area contributed by atoms with Crippen molar-refractivity contribution in [2.24, 2.45) is 5.92 Å². The van der Waals surface area contributed by atoms with Crippen LogP contribution in [0.5, 0.6) is 5.75 Å². The largest absolute Gasteiger partial charge is 0.486 e. The van der Waals surface area contributed by atoms with E-state index in [0.717, 1.165) is 17.5 Å². The van der Waals surface area contributed by atoms with Crippen LogP contribution in [-0.2, 0) is 21.2 Å². The normalized spacial score (nSPS) is 19.3. The lowest BCUT2D eigenvalue weighted by atomic mass is 9.85. The van der Waals surface area contributed by atoms with Gasteiger partial charge in [-0.15, -0.1) is 0 Å². The number of anilines is 1. The molecule has 1 fully saturated rings. The van der Waals surface area contributed by atoms with E-state index >= 15 is 0 Å². The molecule has 0 amide bonds. The SMILES string of the molecule is Cc1cccc(S(=O)(=O)N2C[C@H](CCC(=O)O)Oc3ccc(CC4CCCCC4)cc32)c1. The first-order valence-electron chi connectivity index (χ1n) is 11.4. The lowest BCUT2D eigenvalue weighted by Crippen LogP contribution is -2.43. The van der Waals surface area contributed by atoms with Crippen LogP contribution in [-0.4, -0.2) is 32.1 Å². The van der Waals surface area contributed by atoms with E-state index in [0.29, 0.717) is 17.4 Å². The summed E-state index contributed by atoms with van der Waals surface area (Å²) in [6.07, 6.45) is 6.86. The van der Waals surface area contributed by atoms with Crippen molar-refractivity contribution in [1.82, 2.24) is 0 Å². The van der Waals surface area contributed by atoms with Crippen LogP contribution in [0.25, 0.3) is 0 Å². The fourth-order valence-electron chi connectivity index (χ4n) is 4.77. The Labute approximate surface area is 190 Å². The third-order valence-electron chi connectivity index (χ3n) is 6.46. The van der Waals surface area contributed by atoms with Gasteiger partial charge in [0.25, 0.3) is 10.0 Å². The van der Waals surface area contributed by atoms with E-state index in [4.69, 9.17) is 9.84 Å². The molecule has 2 aromatic carbocycles. The summed E-state index contributed by atoms with van der Waals surface area (Å²) in [7, 11) is -3.81. The van der Waals surface area contributed by atoms with Crippen LogP contribution < -0.4 is 9.04 Å². The fourth-order valence-corrected chi connectivity index (χ4v) is 6.38. The number of aliphatic carboxylic acids is 1. The molecule has 6 nitrogen and oxygen atoms in total. The van der Waals surface area contributed by atoms with Gasteiger partial charge in [-0.25, -0.2) is 8.42 Å². The van der Waals surface area contributed by atoms with E-state index in [9.17, 15) is 13.2 Å². The van der Waals surface area contributed by atoms with Crippen molar-refractivity contribution in [2.75, 3.05) is 10.8 Å². The summed E-state index contributed by atoms with van der Waals surface area (Å²) in [5, 5.41) is 9.08. The molecule has 4 rings (SSSR count). The van der Waals surface area contributed by atoms with Gasteiger partial charge in [0.2, 0.25) is 0 Å². The summed E-state index contributed by atoms with van der Waals surface area (Å²) in [4.78, 5) is 11.3. The smallest absolute Gasteiger partial charge is 0.303 e. The van der Waals surface area contributed by atoms with Gasteiger partial charge < -0.3 is 9.84 Å². The Balaban J connectivity index is 1.68. The van der Waals surface area contributed by atoms with Crippen LogP contribution in [0.3, 0.4) is 0 Å². The lowest BCUT2D eigenvalue weighted by Gasteiger charge is -2.36. The van der Waals surface area contributed by atoms with Gasteiger partial charge in [0.15, 0.2) is 0 Å². The summed E-state index contributed by atoms with van der Waals surface area (Å²) >= 11 is 0. The van der Waals surface area contributed by atoms with Crippen LogP contribution >= 0.6 is 0 Å². The van der Waals surface area contributed by atoms with Crippen molar-refractivity contribution in [1.29, 1.82) is 0 Å². The number of hydrogen-bond donors (Lipinski definition) is 1. The molecule has 32 heavy (non-hydrogen) atoms. The van der Waals surface area contributed by atoms with Crippen molar-refractivity contribution in [3.8, 4) is 5.75 Å². The van der Waals surface area contributed by atoms with Crippen molar-refractivity contribution in [3.05, 3.63) is 53.6 Å². The molecule has 2 aromatic rings. The first-order valence-corrected chi connectivity index (χ1v) is 12.9. The molecule has 1 atom stereocenters. The number of nitrogens with zero attached hydrogens (tertiary/aromatic N) is 1. The second-order valence-corrected chi connectivity index (χ2v) is 10.9. The van der Waals surface area contributed by atoms with Crippen molar-refractivity contribution < 1.29 is 23.1 Å². The molecule has 0 saturated heterocycles. The Morgan fingerprint density at radius 1 is 1.12 bits per heavy atom. The predicted molar refractivity (Wildman–Crippen MR) is 124 cm³/mol. The summed E-state index contributed by atoms with van der Waals surface area (Å²) < 4.78 is 34.7. The molecule has 1 N–H and O–H groups in total. The number of aryl methyl sites for hydroxylation is 1. The minimum Gasteiger partial charge on any atom is -0.486 e. The molecule has 1 aliphatic carbocycles. The topological polar surface area (TPSA) is 83.9 Å². The number of ether oxygens (including phenoxy) is 1. The van der Waals surface area contributed by atoms with Crippen LogP contribution in [0.2, 0.25) is 0 Å². The number of carboxylic acid groups (broad SMARTS) is 1. The molecular formula is C25H31NO5S. The highest BCUT2D eigenvalue weighted by Gasteiger charge is 2.35. The molecule has 2 aliphatic rings. The van der Waals surface area contributed by atoms with E-state index in [1.165, 1.54) is 36.4 Å². The van der Waals surface area contributed by atoms with Crippen LogP contribution in [0, 0.1) is 12.8 Å². The Morgan fingerprint density at radius 3 is 2.62 bits per heavy atom. The number of benzene rings is 2. The predicted octanol–water partition coefficient (Wildman–Crippen LogP) is 4.94. The maximum atomic E-state index is 13.6. The lowest BCUT2D eigenvalue weighted by molar-refractivity contribution is -0.137. The summed E-state index contributed by atoms with van der Waals surface area (Å²) in [5.74, 6) is 0.210. The van der Waals surface area contributed by atoms with E-state index in [2.05, 4.69) is 0 Å². The Kier molecular flexibility index (Phi) is 6.74. The Bertz CT molecular complexity index is 1080. The van der Waals surface area contributed by atoms with Crippen molar-refractivity contribution in [2.45, 2.75) is 69.3 Å². The minimum absolute atomic E-state index is 0.0713. The van der Waals surface area contributed by atoms with E-state index in [1.807, 2.05) is 31.2 Å². The first kappa shape index (κ1) is 22.6. The maximum absolute atomic E-state index is 13.6. The zero-order chi connectivity index (χ0) is 22.7. The highest BCUT2D eigenvalue weighted by molar-refractivity contribution is 7.92. The standard InChI is InChI=1S/C25H31NO5S/c1-18-6-5-9-22(14-18)32(29,30)26-17-21(11-13-25(27)28)31-24-12-10-20(16-23(24)26)15-19-7-3-2-4-8-19/h5-6,9-10,12,14,16,19,21H,2-4,7-8,11,13,15,17H2,1H3,(H,27,28)/t21-/m0/s1. The van der Waals surface area contributed by atoms with E-state index in [-0.39, 0.29) is 24.3 Å². The number of rotatable bonds is 7. The average molecular weight is 458 g/mol. The molecular weight excluding hydrogens is 426 g/mol. The molecule has 1 aliphatic heterocycles. The third kappa shape index (κ3) is 5.09. The van der Waals surface area contributed by atoms with Crippen molar-refractivity contribution >= 4 is 21.7 Å². The van der Waals surface area contributed by atoms with E-state index in [1.54, 1.807) is 18.2 Å². The van der Waals surface area contributed by atoms with Gasteiger partial charge in [0.05, 0.1) is 17.1 Å². The Morgan fingerprint density at radius 2 is 1.91 bits per heavy atom. The number of sulfonamides is 1. The monoisotopic (exact) mass is 457 g/mol. The van der Waals surface area contributed by atoms with Gasteiger partial charge in [0.1, 0.15) is 11.9 Å². The zero-order valence-electron chi connectivity index (χ0n) is 18.5. The summed E-state index contributed by atoms with van der Waals surface area (Å²) in [6, 6.07) is 12.7. The molecule has 1 saturated carbocycles. The molecule has 0 radical (unpaired) electrons. The molecule has 0 spiro atoms. The second kappa shape index (κ2) is 9.53. The molecule has 0 unspecified atom stereocenters. The maximum Gasteiger partial charge on any atom is 0.303 e. The highest BCUT2D eigenvalue weighted by Crippen LogP contribution is 2.39. The molecule has 0 aromatic heterocycles. The number of carboxylic acids is 1. The Hall–Kier alpha value is -2.54. The number of hydrogen-bond acceptors (Lipinski definition) is 4. The second-order valence-electron chi connectivity index (χ2n) is 9.04. The average Bonchev–Trinajstić information content (AvgIpc) is 2.78. The van der Waals surface area contributed by atoms with E-state index < -0.39 is 22.1 Å². The van der Waals surface area contributed by atoms with Crippen LogP contribution in [0.1, 0.15) is 56.1 Å². The quantitative estimate of drug-likeness (QED) is 0.637. The van der Waals surface area contributed by atoms with Gasteiger partial charge >= 0.3 is 5.97 Å². The first-order chi connectivity index (χ1) is 15.3. The number of carbonyl (C=O) groups is 1. The minimum atomic E-state index is -3.81. The third-order valence-corrected chi connectivity index (χ3v) is 8.24. The van der Waals surface area contributed by atoms with Gasteiger partial charge in [-0.2, -0.15) is 0 Å². The molecule has 7 heteroatoms. The summed E-state index contributed by atoms with van der Waals surface area (Å²) in [5.41, 5.74) is 2.53. The van der Waals surface area contributed by atoms with Gasteiger partial charge in [-0.05, 0) is 61.1 Å². The molecule has 172 valence electrons. The number of fused-ring (bicyclic) bond motifs is 1. The van der Waals surface area contributed by atoms with Gasteiger partial charge in [0, 0.05) is 6.42 Å². The molecule has 0 bridgehead atoms. The van der Waals surface area contributed by atoms with Crippen molar-refractivity contribution in [3.63, 3.8) is 0 Å². The molecule has 1 heterocycles. The van der Waals surface area contributed by atoms with Crippen LogP contribution in [0.4, 0.5) is 5.69 Å².